The molecule has 1 aliphatic heterocycles. The summed E-state index contributed by atoms with van der Waals surface area (Å²) in [5.74, 6) is 0. The Kier molecular flexibility index (Phi) is 4.25. The SMILES string of the molecule is C1CCCC(NC2CCOC3(CCC3)C2)CCC1. The van der Waals surface area contributed by atoms with Crippen molar-refractivity contribution in [2.75, 3.05) is 6.61 Å². The summed E-state index contributed by atoms with van der Waals surface area (Å²) in [5.41, 5.74) is 0.303. The minimum atomic E-state index is 0.303. The van der Waals surface area contributed by atoms with Gasteiger partial charge in [0.2, 0.25) is 0 Å². The maximum atomic E-state index is 6.03. The van der Waals surface area contributed by atoms with Crippen molar-refractivity contribution in [2.24, 2.45) is 0 Å². The van der Waals surface area contributed by atoms with E-state index in [-0.39, 0.29) is 0 Å². The van der Waals surface area contributed by atoms with Crippen molar-refractivity contribution in [3.63, 3.8) is 0 Å². The lowest BCUT2D eigenvalue weighted by atomic mass is 9.73. The number of hydrogen-bond donors (Lipinski definition) is 1. The van der Waals surface area contributed by atoms with Gasteiger partial charge in [0.15, 0.2) is 0 Å². The molecule has 3 aliphatic rings. The molecule has 2 saturated carbocycles. The Labute approximate surface area is 112 Å². The van der Waals surface area contributed by atoms with Gasteiger partial charge in [-0.15, -0.1) is 0 Å². The van der Waals surface area contributed by atoms with Gasteiger partial charge in [0, 0.05) is 18.7 Å². The Hall–Kier alpha value is -0.0800. The summed E-state index contributed by atoms with van der Waals surface area (Å²) in [7, 11) is 0. The van der Waals surface area contributed by atoms with Crippen molar-refractivity contribution in [3.05, 3.63) is 0 Å². The molecule has 3 fully saturated rings. The molecule has 2 aliphatic carbocycles. The molecule has 2 nitrogen and oxygen atoms in total. The van der Waals surface area contributed by atoms with Gasteiger partial charge in [0.25, 0.3) is 0 Å². The molecule has 104 valence electrons. The summed E-state index contributed by atoms with van der Waals surface area (Å²) >= 11 is 0. The third-order valence-corrected chi connectivity index (χ3v) is 5.33. The third-order valence-electron chi connectivity index (χ3n) is 5.33. The highest BCUT2D eigenvalue weighted by atomic mass is 16.5. The summed E-state index contributed by atoms with van der Waals surface area (Å²) in [5, 5.41) is 3.97. The molecule has 0 amide bonds. The molecular weight excluding hydrogens is 222 g/mol. The van der Waals surface area contributed by atoms with Gasteiger partial charge in [-0.25, -0.2) is 0 Å². The highest BCUT2D eigenvalue weighted by Gasteiger charge is 2.42. The lowest BCUT2D eigenvalue weighted by Gasteiger charge is -2.48. The summed E-state index contributed by atoms with van der Waals surface area (Å²) in [6.45, 7) is 0.990. The van der Waals surface area contributed by atoms with Crippen LogP contribution in [0.15, 0.2) is 0 Å². The van der Waals surface area contributed by atoms with Gasteiger partial charge in [0.05, 0.1) is 5.60 Å². The van der Waals surface area contributed by atoms with Gasteiger partial charge in [-0.2, -0.15) is 0 Å². The molecule has 0 aromatic carbocycles. The number of ether oxygens (including phenoxy) is 1. The highest BCUT2D eigenvalue weighted by Crippen LogP contribution is 2.42. The summed E-state index contributed by atoms with van der Waals surface area (Å²) in [6.07, 6.45) is 16.6. The standard InChI is InChI=1S/C16H29NO/c1-2-4-7-14(8-5-3-1)17-15-9-12-18-16(13-15)10-6-11-16/h14-15,17H,1-13H2. The van der Waals surface area contributed by atoms with Gasteiger partial charge in [0.1, 0.15) is 0 Å². The van der Waals surface area contributed by atoms with Crippen LogP contribution in [0.5, 0.6) is 0 Å². The minimum absolute atomic E-state index is 0.303. The van der Waals surface area contributed by atoms with E-state index in [0.29, 0.717) is 5.60 Å². The molecule has 0 aromatic heterocycles. The highest BCUT2D eigenvalue weighted by molar-refractivity contribution is 4.96. The van der Waals surface area contributed by atoms with Crippen LogP contribution in [0.25, 0.3) is 0 Å². The van der Waals surface area contributed by atoms with Crippen molar-refractivity contribution in [3.8, 4) is 0 Å². The molecule has 0 aromatic rings. The first kappa shape index (κ1) is 12.9. The van der Waals surface area contributed by atoms with Crippen LogP contribution in [0.4, 0.5) is 0 Å². The normalized spacial score (nSPS) is 33.7. The largest absolute Gasteiger partial charge is 0.375 e. The average molecular weight is 251 g/mol. The zero-order valence-corrected chi connectivity index (χ0v) is 11.8. The molecule has 1 saturated heterocycles. The first-order valence-corrected chi connectivity index (χ1v) is 8.26. The van der Waals surface area contributed by atoms with Crippen LogP contribution in [-0.2, 0) is 4.74 Å². The van der Waals surface area contributed by atoms with Crippen molar-refractivity contribution in [1.82, 2.24) is 5.32 Å². The van der Waals surface area contributed by atoms with E-state index >= 15 is 0 Å². The fourth-order valence-electron chi connectivity index (χ4n) is 4.05. The molecule has 18 heavy (non-hydrogen) atoms. The van der Waals surface area contributed by atoms with E-state index in [1.165, 1.54) is 77.0 Å². The molecule has 1 heterocycles. The number of hydrogen-bond acceptors (Lipinski definition) is 2. The number of nitrogens with one attached hydrogen (secondary N) is 1. The fourth-order valence-corrected chi connectivity index (χ4v) is 4.05. The first-order chi connectivity index (χ1) is 8.86. The monoisotopic (exact) mass is 251 g/mol. The van der Waals surface area contributed by atoms with Crippen molar-refractivity contribution >= 4 is 0 Å². The van der Waals surface area contributed by atoms with Crippen molar-refractivity contribution in [2.45, 2.75) is 94.7 Å². The van der Waals surface area contributed by atoms with Gasteiger partial charge >= 0.3 is 0 Å². The second-order valence-electron chi connectivity index (χ2n) is 6.78. The molecule has 0 radical (unpaired) electrons. The van der Waals surface area contributed by atoms with E-state index in [0.717, 1.165) is 18.7 Å². The Bertz CT molecular complexity index is 254. The van der Waals surface area contributed by atoms with Crippen LogP contribution in [0, 0.1) is 0 Å². The van der Waals surface area contributed by atoms with Gasteiger partial charge in [-0.05, 0) is 44.9 Å². The number of rotatable bonds is 2. The molecule has 2 heteroatoms. The molecular formula is C16H29NO. The molecule has 0 bridgehead atoms. The van der Waals surface area contributed by atoms with Gasteiger partial charge in [-0.3, -0.25) is 0 Å². The lowest BCUT2D eigenvalue weighted by Crippen LogP contribution is -2.52. The summed E-state index contributed by atoms with van der Waals surface area (Å²) in [4.78, 5) is 0. The quantitative estimate of drug-likeness (QED) is 0.806. The van der Waals surface area contributed by atoms with Gasteiger partial charge < -0.3 is 10.1 Å². The Morgan fingerprint density at radius 1 is 0.778 bits per heavy atom. The molecule has 3 rings (SSSR count). The van der Waals surface area contributed by atoms with Crippen LogP contribution in [-0.4, -0.2) is 24.3 Å². The fraction of sp³-hybridized carbons (Fsp3) is 1.00. The van der Waals surface area contributed by atoms with Crippen LogP contribution >= 0.6 is 0 Å². The second-order valence-corrected chi connectivity index (χ2v) is 6.78. The third kappa shape index (κ3) is 3.08. The van der Waals surface area contributed by atoms with Crippen LogP contribution in [0.1, 0.15) is 77.0 Å². The topological polar surface area (TPSA) is 21.3 Å². The van der Waals surface area contributed by atoms with Crippen LogP contribution < -0.4 is 5.32 Å². The van der Waals surface area contributed by atoms with Crippen LogP contribution in [0.3, 0.4) is 0 Å². The molecule has 1 spiro atoms. The maximum Gasteiger partial charge on any atom is 0.0697 e. The molecule has 1 unspecified atom stereocenters. The maximum absolute atomic E-state index is 6.03. The lowest BCUT2D eigenvalue weighted by molar-refractivity contribution is -0.136. The zero-order valence-electron chi connectivity index (χ0n) is 11.8. The smallest absolute Gasteiger partial charge is 0.0697 e. The first-order valence-electron chi connectivity index (χ1n) is 8.26. The Balaban J connectivity index is 1.48. The van der Waals surface area contributed by atoms with E-state index in [4.69, 9.17) is 4.74 Å². The van der Waals surface area contributed by atoms with E-state index in [2.05, 4.69) is 5.32 Å². The molecule has 1 N–H and O–H groups in total. The summed E-state index contributed by atoms with van der Waals surface area (Å²) in [6, 6.07) is 1.54. The average Bonchev–Trinajstić information content (AvgIpc) is 2.31. The minimum Gasteiger partial charge on any atom is -0.375 e. The van der Waals surface area contributed by atoms with Crippen molar-refractivity contribution in [1.29, 1.82) is 0 Å². The van der Waals surface area contributed by atoms with Crippen molar-refractivity contribution < 1.29 is 4.74 Å². The van der Waals surface area contributed by atoms with Crippen LogP contribution in [0.2, 0.25) is 0 Å². The zero-order chi connectivity index (χ0) is 12.3. The Morgan fingerprint density at radius 3 is 2.17 bits per heavy atom. The van der Waals surface area contributed by atoms with Gasteiger partial charge in [-0.1, -0.05) is 32.1 Å². The summed E-state index contributed by atoms with van der Waals surface area (Å²) < 4.78 is 6.03. The van der Waals surface area contributed by atoms with E-state index in [1.54, 1.807) is 0 Å². The molecule has 1 atom stereocenters. The van der Waals surface area contributed by atoms with E-state index in [9.17, 15) is 0 Å². The second kappa shape index (κ2) is 5.92. The van der Waals surface area contributed by atoms with E-state index < -0.39 is 0 Å². The Morgan fingerprint density at radius 2 is 1.50 bits per heavy atom. The van der Waals surface area contributed by atoms with E-state index in [1.807, 2.05) is 0 Å². The predicted molar refractivity (Wildman–Crippen MR) is 74.8 cm³/mol. The predicted octanol–water partition coefficient (Wildman–Crippen LogP) is 3.79.